The summed E-state index contributed by atoms with van der Waals surface area (Å²) in [4.78, 5) is 28.9. The number of anilines is 1. The van der Waals surface area contributed by atoms with Gasteiger partial charge in [-0.05, 0) is 42.0 Å². The lowest BCUT2D eigenvalue weighted by Gasteiger charge is -2.37. The molecule has 0 radical (unpaired) electrons. The van der Waals surface area contributed by atoms with E-state index in [9.17, 15) is 9.59 Å². The Labute approximate surface area is 163 Å². The number of rotatable bonds is 4. The first-order chi connectivity index (χ1) is 13.6. The predicted octanol–water partition coefficient (Wildman–Crippen LogP) is 3.22. The van der Waals surface area contributed by atoms with Gasteiger partial charge in [0.15, 0.2) is 5.76 Å². The van der Waals surface area contributed by atoms with Gasteiger partial charge in [0.2, 0.25) is 5.91 Å². The second kappa shape index (κ2) is 7.86. The van der Waals surface area contributed by atoms with Crippen molar-refractivity contribution in [3.8, 4) is 0 Å². The van der Waals surface area contributed by atoms with Gasteiger partial charge in [0.25, 0.3) is 5.91 Å². The highest BCUT2D eigenvalue weighted by Gasteiger charge is 2.28. The summed E-state index contributed by atoms with van der Waals surface area (Å²) in [5, 5.41) is 5.25. The Morgan fingerprint density at radius 1 is 0.964 bits per heavy atom. The van der Waals surface area contributed by atoms with Crippen LogP contribution < -0.4 is 5.32 Å². The van der Waals surface area contributed by atoms with Crippen molar-refractivity contribution in [3.05, 3.63) is 66.6 Å². The minimum atomic E-state index is -0.271. The van der Waals surface area contributed by atoms with E-state index in [1.807, 2.05) is 49.4 Å². The number of nitrogens with one attached hydrogen (secondary N) is 1. The fourth-order valence-electron chi connectivity index (χ4n) is 3.55. The Morgan fingerprint density at radius 2 is 1.71 bits per heavy atom. The predicted molar refractivity (Wildman–Crippen MR) is 108 cm³/mol. The van der Waals surface area contributed by atoms with Gasteiger partial charge in [-0.2, -0.15) is 0 Å². The van der Waals surface area contributed by atoms with Crippen LogP contribution in [0.15, 0.2) is 65.3 Å². The van der Waals surface area contributed by atoms with Gasteiger partial charge in [-0.15, -0.1) is 0 Å². The molecule has 1 aliphatic heterocycles. The molecule has 28 heavy (non-hydrogen) atoms. The van der Waals surface area contributed by atoms with E-state index in [0.29, 0.717) is 31.9 Å². The van der Waals surface area contributed by atoms with Crippen molar-refractivity contribution in [3.63, 3.8) is 0 Å². The van der Waals surface area contributed by atoms with Crippen molar-refractivity contribution < 1.29 is 14.0 Å². The molecular formula is C22H23N3O3. The number of piperazine rings is 1. The summed E-state index contributed by atoms with van der Waals surface area (Å²) in [6.45, 7) is 4.36. The maximum atomic E-state index is 12.7. The number of carbonyl (C=O) groups is 2. The van der Waals surface area contributed by atoms with E-state index >= 15 is 0 Å². The fraction of sp³-hybridized carbons (Fsp3) is 0.273. The summed E-state index contributed by atoms with van der Waals surface area (Å²) in [5.41, 5.74) is 0.794. The largest absolute Gasteiger partial charge is 0.459 e. The number of nitrogens with zero attached hydrogens (tertiary/aromatic N) is 2. The zero-order valence-electron chi connectivity index (χ0n) is 15.8. The molecule has 2 heterocycles. The maximum Gasteiger partial charge on any atom is 0.289 e. The van der Waals surface area contributed by atoms with Crippen LogP contribution in [0.5, 0.6) is 0 Å². The number of fused-ring (bicyclic) bond motifs is 1. The van der Waals surface area contributed by atoms with Crippen LogP contribution in [0.25, 0.3) is 10.8 Å². The number of hydrogen-bond acceptors (Lipinski definition) is 4. The monoisotopic (exact) mass is 377 g/mol. The van der Waals surface area contributed by atoms with Crippen LogP contribution in [0.3, 0.4) is 0 Å². The van der Waals surface area contributed by atoms with Crippen molar-refractivity contribution in [1.82, 2.24) is 9.80 Å². The quantitative estimate of drug-likeness (QED) is 0.758. The number of carbonyl (C=O) groups excluding carboxylic acids is 2. The van der Waals surface area contributed by atoms with Gasteiger partial charge in [0.05, 0.1) is 12.3 Å². The molecule has 3 aromatic rings. The van der Waals surface area contributed by atoms with Crippen LogP contribution in [0.1, 0.15) is 17.5 Å². The molecule has 0 bridgehead atoms. The Balaban J connectivity index is 1.34. The zero-order chi connectivity index (χ0) is 19.5. The third-order valence-electron chi connectivity index (χ3n) is 5.28. The lowest BCUT2D eigenvalue weighted by molar-refractivity contribution is -0.121. The minimum absolute atomic E-state index is 0.0407. The molecule has 2 amide bonds. The van der Waals surface area contributed by atoms with Gasteiger partial charge < -0.3 is 14.6 Å². The van der Waals surface area contributed by atoms with Gasteiger partial charge in [-0.25, -0.2) is 0 Å². The van der Waals surface area contributed by atoms with Crippen LogP contribution in [0, 0.1) is 0 Å². The molecule has 0 spiro atoms. The number of hydrogen-bond donors (Lipinski definition) is 1. The normalized spacial score (nSPS) is 16.1. The Morgan fingerprint density at radius 3 is 2.43 bits per heavy atom. The van der Waals surface area contributed by atoms with E-state index in [2.05, 4.69) is 10.2 Å². The van der Waals surface area contributed by atoms with Crippen molar-refractivity contribution in [2.75, 3.05) is 31.5 Å². The SMILES string of the molecule is C[C@H](C(=O)Nc1ccc2ccccc2c1)N1CCN(C(=O)c2ccco2)CC1. The molecule has 4 rings (SSSR count). The number of amides is 2. The molecule has 6 nitrogen and oxygen atoms in total. The van der Waals surface area contributed by atoms with E-state index in [-0.39, 0.29) is 17.9 Å². The molecule has 1 N–H and O–H groups in total. The first-order valence-electron chi connectivity index (χ1n) is 9.48. The topological polar surface area (TPSA) is 65.8 Å². The van der Waals surface area contributed by atoms with E-state index in [4.69, 9.17) is 4.42 Å². The lowest BCUT2D eigenvalue weighted by atomic mass is 10.1. The van der Waals surface area contributed by atoms with Crippen LogP contribution >= 0.6 is 0 Å². The summed E-state index contributed by atoms with van der Waals surface area (Å²) in [6, 6.07) is 17.1. The van der Waals surface area contributed by atoms with Crippen molar-refractivity contribution >= 4 is 28.3 Å². The third kappa shape index (κ3) is 3.77. The zero-order valence-corrected chi connectivity index (χ0v) is 15.8. The smallest absolute Gasteiger partial charge is 0.289 e. The lowest BCUT2D eigenvalue weighted by Crippen LogP contribution is -2.54. The van der Waals surface area contributed by atoms with E-state index in [1.54, 1.807) is 17.0 Å². The molecule has 1 aromatic heterocycles. The summed E-state index contributed by atoms with van der Waals surface area (Å²) >= 11 is 0. The van der Waals surface area contributed by atoms with E-state index < -0.39 is 0 Å². The molecule has 0 saturated carbocycles. The molecule has 1 aliphatic rings. The summed E-state index contributed by atoms with van der Waals surface area (Å²) < 4.78 is 5.19. The molecular weight excluding hydrogens is 354 g/mol. The number of benzene rings is 2. The van der Waals surface area contributed by atoms with Crippen molar-refractivity contribution in [2.24, 2.45) is 0 Å². The average Bonchev–Trinajstić information content (AvgIpc) is 3.27. The molecule has 144 valence electrons. The van der Waals surface area contributed by atoms with Gasteiger partial charge in [-0.3, -0.25) is 14.5 Å². The van der Waals surface area contributed by atoms with Crippen LogP contribution in [-0.4, -0.2) is 53.8 Å². The summed E-state index contributed by atoms with van der Waals surface area (Å²) in [5.74, 6) is 0.217. The Kier molecular flexibility index (Phi) is 5.12. The summed E-state index contributed by atoms with van der Waals surface area (Å²) in [7, 11) is 0. The van der Waals surface area contributed by atoms with Gasteiger partial charge >= 0.3 is 0 Å². The highest BCUT2D eigenvalue weighted by molar-refractivity contribution is 5.97. The summed E-state index contributed by atoms with van der Waals surface area (Å²) in [6.07, 6.45) is 1.50. The van der Waals surface area contributed by atoms with Crippen LogP contribution in [0.4, 0.5) is 5.69 Å². The first kappa shape index (κ1) is 18.3. The third-order valence-corrected chi connectivity index (χ3v) is 5.28. The highest BCUT2D eigenvalue weighted by Crippen LogP contribution is 2.19. The van der Waals surface area contributed by atoms with Gasteiger partial charge in [0, 0.05) is 31.9 Å². The second-order valence-corrected chi connectivity index (χ2v) is 7.03. The molecule has 0 unspecified atom stereocenters. The van der Waals surface area contributed by atoms with Gasteiger partial charge in [-0.1, -0.05) is 30.3 Å². The second-order valence-electron chi connectivity index (χ2n) is 7.03. The van der Waals surface area contributed by atoms with Crippen molar-refractivity contribution in [2.45, 2.75) is 13.0 Å². The van der Waals surface area contributed by atoms with Crippen molar-refractivity contribution in [1.29, 1.82) is 0 Å². The fourth-order valence-corrected chi connectivity index (χ4v) is 3.55. The molecule has 1 atom stereocenters. The first-order valence-corrected chi connectivity index (χ1v) is 9.48. The minimum Gasteiger partial charge on any atom is -0.459 e. The maximum absolute atomic E-state index is 12.7. The van der Waals surface area contributed by atoms with Crippen LogP contribution in [0.2, 0.25) is 0 Å². The van der Waals surface area contributed by atoms with E-state index in [1.165, 1.54) is 6.26 Å². The van der Waals surface area contributed by atoms with Gasteiger partial charge in [0.1, 0.15) is 0 Å². The Hall–Kier alpha value is -3.12. The highest BCUT2D eigenvalue weighted by atomic mass is 16.3. The molecule has 1 saturated heterocycles. The molecule has 2 aromatic carbocycles. The molecule has 6 heteroatoms. The van der Waals surface area contributed by atoms with E-state index in [0.717, 1.165) is 16.5 Å². The average molecular weight is 377 g/mol. The molecule has 0 aliphatic carbocycles. The van der Waals surface area contributed by atoms with Crippen LogP contribution in [-0.2, 0) is 4.79 Å². The number of furan rings is 1. The molecule has 1 fully saturated rings. The Bertz CT molecular complexity index is 976. The standard InChI is InChI=1S/C22H23N3O3/c1-16(21(26)23-19-9-8-17-5-2-3-6-18(17)15-19)24-10-12-25(13-11-24)22(27)20-7-4-14-28-20/h2-9,14-16H,10-13H2,1H3,(H,23,26)/t16-/m1/s1.